The topological polar surface area (TPSA) is 9.23 Å². The number of hydrogen-bond acceptors (Lipinski definition) is 1. The fourth-order valence-electron chi connectivity index (χ4n) is 2.38. The van der Waals surface area contributed by atoms with Gasteiger partial charge in [-0.05, 0) is 29.7 Å². The fraction of sp³-hybridized carbons (Fsp3) is 0.250. The Morgan fingerprint density at radius 2 is 1.94 bits per heavy atom. The average molecular weight is 259 g/mol. The van der Waals surface area contributed by atoms with Gasteiger partial charge in [0.15, 0.2) is 0 Å². The normalized spacial score (nSPS) is 15.0. The second-order valence-corrected chi connectivity index (χ2v) is 5.18. The highest BCUT2D eigenvalue weighted by molar-refractivity contribution is 6.22. The highest BCUT2D eigenvalue weighted by Crippen LogP contribution is 2.34. The molecule has 0 fully saturated rings. The summed E-state index contributed by atoms with van der Waals surface area (Å²) in [5.74, 6) is 1.01. The zero-order valence-electron chi connectivity index (χ0n) is 10.3. The second kappa shape index (κ2) is 4.66. The Kier molecular flexibility index (Phi) is 3.00. The number of benzene rings is 2. The molecule has 2 aromatic rings. The van der Waals surface area contributed by atoms with Gasteiger partial charge in [0.25, 0.3) is 0 Å². The zero-order chi connectivity index (χ0) is 12.5. The summed E-state index contributed by atoms with van der Waals surface area (Å²) in [6.07, 6.45) is 0.987. The van der Waals surface area contributed by atoms with Gasteiger partial charge in [0.1, 0.15) is 5.75 Å². The standard InChI is InChI=1S/C16H15ClO/c1-11-3-2-4-13(9-11)16(17)14-5-6-15-12(10-14)7-8-18-15/h2-6,9-10,16H,7-8H2,1H3. The van der Waals surface area contributed by atoms with Crippen LogP contribution in [0.5, 0.6) is 5.75 Å². The lowest BCUT2D eigenvalue weighted by molar-refractivity contribution is 0.357. The maximum atomic E-state index is 6.56. The molecule has 0 radical (unpaired) electrons. The van der Waals surface area contributed by atoms with Gasteiger partial charge in [-0.15, -0.1) is 11.6 Å². The Labute approximate surface area is 112 Å². The first-order chi connectivity index (χ1) is 8.74. The van der Waals surface area contributed by atoms with Crippen LogP contribution in [0.2, 0.25) is 0 Å². The lowest BCUT2D eigenvalue weighted by Gasteiger charge is -2.12. The predicted molar refractivity (Wildman–Crippen MR) is 74.5 cm³/mol. The first kappa shape index (κ1) is 11.6. The third-order valence-electron chi connectivity index (χ3n) is 3.34. The van der Waals surface area contributed by atoms with Crippen molar-refractivity contribution in [1.29, 1.82) is 0 Å². The van der Waals surface area contributed by atoms with Crippen LogP contribution in [0.1, 0.15) is 27.6 Å². The van der Waals surface area contributed by atoms with Gasteiger partial charge in [-0.1, -0.05) is 42.0 Å². The third-order valence-corrected chi connectivity index (χ3v) is 3.84. The molecule has 0 N–H and O–H groups in total. The molecule has 0 spiro atoms. The van der Waals surface area contributed by atoms with Gasteiger partial charge in [-0.25, -0.2) is 0 Å². The molecule has 1 nitrogen and oxygen atoms in total. The van der Waals surface area contributed by atoms with Crippen molar-refractivity contribution >= 4 is 11.6 Å². The minimum Gasteiger partial charge on any atom is -0.493 e. The molecule has 1 atom stereocenters. The molecule has 18 heavy (non-hydrogen) atoms. The van der Waals surface area contributed by atoms with E-state index in [4.69, 9.17) is 16.3 Å². The van der Waals surface area contributed by atoms with Crippen molar-refractivity contribution in [2.75, 3.05) is 6.61 Å². The molecule has 92 valence electrons. The Hall–Kier alpha value is -1.47. The van der Waals surface area contributed by atoms with Crippen LogP contribution in [0.3, 0.4) is 0 Å². The summed E-state index contributed by atoms with van der Waals surface area (Å²) in [5.41, 5.74) is 4.80. The molecule has 2 heteroatoms. The van der Waals surface area contributed by atoms with Gasteiger partial charge in [-0.2, -0.15) is 0 Å². The molecule has 0 amide bonds. The summed E-state index contributed by atoms with van der Waals surface area (Å²) in [7, 11) is 0. The van der Waals surface area contributed by atoms with Crippen molar-refractivity contribution in [3.05, 3.63) is 64.7 Å². The number of fused-ring (bicyclic) bond motifs is 1. The molecule has 0 saturated heterocycles. The van der Waals surface area contributed by atoms with Crippen LogP contribution in [-0.2, 0) is 6.42 Å². The molecule has 1 aliphatic heterocycles. The van der Waals surface area contributed by atoms with Gasteiger partial charge in [0, 0.05) is 6.42 Å². The number of aryl methyl sites for hydroxylation is 1. The van der Waals surface area contributed by atoms with Gasteiger partial charge < -0.3 is 4.74 Å². The molecule has 0 bridgehead atoms. The van der Waals surface area contributed by atoms with Crippen molar-refractivity contribution in [2.45, 2.75) is 18.7 Å². The Morgan fingerprint density at radius 1 is 1.11 bits per heavy atom. The Bertz CT molecular complexity index is 577. The van der Waals surface area contributed by atoms with Crippen LogP contribution in [0.4, 0.5) is 0 Å². The maximum Gasteiger partial charge on any atom is 0.122 e. The van der Waals surface area contributed by atoms with E-state index in [1.807, 2.05) is 6.07 Å². The summed E-state index contributed by atoms with van der Waals surface area (Å²) in [4.78, 5) is 0. The van der Waals surface area contributed by atoms with E-state index in [0.29, 0.717) is 0 Å². The minimum atomic E-state index is -0.0872. The van der Waals surface area contributed by atoms with Gasteiger partial charge >= 0.3 is 0 Å². The van der Waals surface area contributed by atoms with E-state index in [2.05, 4.69) is 43.3 Å². The van der Waals surface area contributed by atoms with E-state index >= 15 is 0 Å². The van der Waals surface area contributed by atoms with Gasteiger partial charge in [0.05, 0.1) is 12.0 Å². The van der Waals surface area contributed by atoms with Crippen LogP contribution in [0.15, 0.2) is 42.5 Å². The fourth-order valence-corrected chi connectivity index (χ4v) is 2.66. The van der Waals surface area contributed by atoms with E-state index in [-0.39, 0.29) is 5.38 Å². The molecule has 0 aliphatic carbocycles. The Morgan fingerprint density at radius 3 is 2.78 bits per heavy atom. The number of hydrogen-bond donors (Lipinski definition) is 0. The van der Waals surface area contributed by atoms with Gasteiger partial charge in [-0.3, -0.25) is 0 Å². The molecule has 1 heterocycles. The largest absolute Gasteiger partial charge is 0.493 e. The van der Waals surface area contributed by atoms with Crippen LogP contribution < -0.4 is 4.74 Å². The van der Waals surface area contributed by atoms with Crippen molar-refractivity contribution in [3.63, 3.8) is 0 Å². The van der Waals surface area contributed by atoms with E-state index < -0.39 is 0 Å². The molecule has 0 saturated carbocycles. The number of halogens is 1. The molecule has 1 unspecified atom stereocenters. The summed E-state index contributed by atoms with van der Waals surface area (Å²) in [6.45, 7) is 2.87. The van der Waals surface area contributed by atoms with Gasteiger partial charge in [0.2, 0.25) is 0 Å². The summed E-state index contributed by atoms with van der Waals surface area (Å²) in [5, 5.41) is -0.0872. The monoisotopic (exact) mass is 258 g/mol. The van der Waals surface area contributed by atoms with Crippen LogP contribution in [-0.4, -0.2) is 6.61 Å². The summed E-state index contributed by atoms with van der Waals surface area (Å²) >= 11 is 6.56. The van der Waals surface area contributed by atoms with Crippen LogP contribution >= 0.6 is 11.6 Å². The maximum absolute atomic E-state index is 6.56. The van der Waals surface area contributed by atoms with E-state index in [1.54, 1.807) is 0 Å². The lowest BCUT2D eigenvalue weighted by Crippen LogP contribution is -1.94. The molecule has 2 aromatic carbocycles. The highest BCUT2D eigenvalue weighted by Gasteiger charge is 2.16. The van der Waals surface area contributed by atoms with Crippen LogP contribution in [0.25, 0.3) is 0 Å². The lowest BCUT2D eigenvalue weighted by atomic mass is 10.00. The number of ether oxygens (including phenoxy) is 1. The van der Waals surface area contributed by atoms with Crippen molar-refractivity contribution < 1.29 is 4.74 Å². The number of rotatable bonds is 2. The average Bonchev–Trinajstić information content (AvgIpc) is 2.85. The first-order valence-electron chi connectivity index (χ1n) is 6.20. The minimum absolute atomic E-state index is 0.0872. The van der Waals surface area contributed by atoms with E-state index in [0.717, 1.165) is 29.9 Å². The molecule has 3 rings (SSSR count). The predicted octanol–water partition coefficient (Wildman–Crippen LogP) is 4.26. The first-order valence-corrected chi connectivity index (χ1v) is 6.64. The molecular weight excluding hydrogens is 244 g/mol. The highest BCUT2D eigenvalue weighted by atomic mass is 35.5. The molecule has 1 aliphatic rings. The van der Waals surface area contributed by atoms with E-state index in [9.17, 15) is 0 Å². The molecule has 0 aromatic heterocycles. The smallest absolute Gasteiger partial charge is 0.122 e. The molecular formula is C16H15ClO. The summed E-state index contributed by atoms with van der Waals surface area (Å²) in [6, 6.07) is 14.6. The van der Waals surface area contributed by atoms with E-state index in [1.165, 1.54) is 11.1 Å². The van der Waals surface area contributed by atoms with Crippen molar-refractivity contribution in [2.24, 2.45) is 0 Å². The zero-order valence-corrected chi connectivity index (χ0v) is 11.1. The van der Waals surface area contributed by atoms with Crippen molar-refractivity contribution in [1.82, 2.24) is 0 Å². The second-order valence-electron chi connectivity index (χ2n) is 4.74. The van der Waals surface area contributed by atoms with Crippen molar-refractivity contribution in [3.8, 4) is 5.75 Å². The SMILES string of the molecule is Cc1cccc(C(Cl)c2ccc3c(c2)CCO3)c1. The van der Waals surface area contributed by atoms with Crippen LogP contribution in [0, 0.1) is 6.92 Å². The Balaban J connectivity index is 1.95. The third kappa shape index (κ3) is 2.11. The summed E-state index contributed by atoms with van der Waals surface area (Å²) < 4.78 is 5.51. The number of alkyl halides is 1. The quantitative estimate of drug-likeness (QED) is 0.732.